The number of anilines is 1. The fraction of sp³-hybridized carbons (Fsp3) is 0.400. The molecule has 1 aliphatic rings. The molecule has 0 radical (unpaired) electrons. The molecule has 0 fully saturated rings. The lowest BCUT2D eigenvalue weighted by Gasteiger charge is -2.27. The van der Waals surface area contributed by atoms with Gasteiger partial charge >= 0.3 is 0 Å². The van der Waals surface area contributed by atoms with Gasteiger partial charge in [-0.15, -0.1) is 0 Å². The van der Waals surface area contributed by atoms with Gasteiger partial charge in [0.15, 0.2) is 5.75 Å². The van der Waals surface area contributed by atoms with E-state index in [-0.39, 0.29) is 0 Å². The third-order valence-electron chi connectivity index (χ3n) is 2.21. The molecule has 0 aromatic heterocycles. The van der Waals surface area contributed by atoms with E-state index in [2.05, 4.69) is 10.6 Å². The van der Waals surface area contributed by atoms with E-state index in [9.17, 15) is 0 Å². The average Bonchev–Trinajstić information content (AvgIpc) is 2.18. The van der Waals surface area contributed by atoms with Crippen LogP contribution in [0.15, 0.2) is 18.2 Å². The van der Waals surface area contributed by atoms with Gasteiger partial charge in [-0.25, -0.2) is 0 Å². The molecule has 0 amide bonds. The Morgan fingerprint density at radius 2 is 2.50 bits per heavy atom. The molecule has 0 spiro atoms. The van der Waals surface area contributed by atoms with E-state index in [1.165, 1.54) is 0 Å². The van der Waals surface area contributed by atoms with Gasteiger partial charge in [-0.05, 0) is 19.2 Å². The maximum atomic E-state index is 5.99. The largest absolute Gasteiger partial charge is 0.488 e. The third kappa shape index (κ3) is 1.79. The summed E-state index contributed by atoms with van der Waals surface area (Å²) >= 11 is 5.99. The first-order valence-electron chi connectivity index (χ1n) is 4.63. The second-order valence-corrected chi connectivity index (χ2v) is 3.73. The number of ether oxygens (including phenoxy) is 1. The minimum Gasteiger partial charge on any atom is -0.488 e. The molecular weight excluding hydrogens is 200 g/mol. The number of hydrogen-bond donors (Lipinski definition) is 2. The van der Waals surface area contributed by atoms with Gasteiger partial charge in [-0.2, -0.15) is 0 Å². The minimum atomic E-state index is 0.311. The van der Waals surface area contributed by atoms with Crippen molar-refractivity contribution in [3.63, 3.8) is 0 Å². The Balaban J connectivity index is 2.18. The van der Waals surface area contributed by atoms with Gasteiger partial charge in [0.25, 0.3) is 0 Å². The van der Waals surface area contributed by atoms with Crippen LogP contribution in [0.2, 0.25) is 5.02 Å². The Labute approximate surface area is 88.4 Å². The van der Waals surface area contributed by atoms with Crippen molar-refractivity contribution in [1.82, 2.24) is 5.32 Å². The van der Waals surface area contributed by atoms with Crippen molar-refractivity contribution < 1.29 is 4.74 Å². The number of nitrogens with one attached hydrogen (secondary N) is 2. The van der Waals surface area contributed by atoms with Crippen LogP contribution in [0.4, 0.5) is 5.69 Å². The summed E-state index contributed by atoms with van der Waals surface area (Å²) in [5, 5.41) is 7.14. The number of para-hydroxylation sites is 1. The molecule has 14 heavy (non-hydrogen) atoms. The van der Waals surface area contributed by atoms with Gasteiger partial charge < -0.3 is 15.4 Å². The summed E-state index contributed by atoms with van der Waals surface area (Å²) in [5.41, 5.74) is 0.976. The number of hydrogen-bond acceptors (Lipinski definition) is 3. The Kier molecular flexibility index (Phi) is 2.79. The number of rotatable bonds is 2. The molecular formula is C10H13ClN2O. The van der Waals surface area contributed by atoms with E-state index in [1.54, 1.807) is 0 Å². The number of benzene rings is 1. The third-order valence-corrected chi connectivity index (χ3v) is 2.50. The number of fused-ring (bicyclic) bond motifs is 1. The lowest BCUT2D eigenvalue weighted by atomic mass is 10.2. The maximum Gasteiger partial charge on any atom is 0.161 e. The predicted molar refractivity (Wildman–Crippen MR) is 58.3 cm³/mol. The first kappa shape index (κ1) is 9.62. The summed E-state index contributed by atoms with van der Waals surface area (Å²) in [5.74, 6) is 0.765. The highest BCUT2D eigenvalue weighted by molar-refractivity contribution is 6.32. The van der Waals surface area contributed by atoms with Gasteiger partial charge in [-0.1, -0.05) is 17.7 Å². The van der Waals surface area contributed by atoms with Crippen molar-refractivity contribution in [1.29, 1.82) is 0 Å². The summed E-state index contributed by atoms with van der Waals surface area (Å²) in [6.45, 7) is 1.53. The highest BCUT2D eigenvalue weighted by Gasteiger charge is 2.19. The van der Waals surface area contributed by atoms with Crippen molar-refractivity contribution >= 4 is 17.3 Å². The fourth-order valence-electron chi connectivity index (χ4n) is 1.57. The lowest BCUT2D eigenvalue weighted by Crippen LogP contribution is -2.39. The topological polar surface area (TPSA) is 33.3 Å². The highest BCUT2D eigenvalue weighted by Crippen LogP contribution is 2.35. The standard InChI is InChI=1S/C10H13ClN2O/c1-12-5-7-6-14-10-8(11)3-2-4-9(10)13-7/h2-4,7,12-13H,5-6H2,1H3. The summed E-state index contributed by atoms with van der Waals surface area (Å²) in [4.78, 5) is 0. The molecule has 2 rings (SSSR count). The van der Waals surface area contributed by atoms with Gasteiger partial charge in [-0.3, -0.25) is 0 Å². The first-order chi connectivity index (χ1) is 6.81. The van der Waals surface area contributed by atoms with Gasteiger partial charge in [0.2, 0.25) is 0 Å². The van der Waals surface area contributed by atoms with Crippen LogP contribution < -0.4 is 15.4 Å². The van der Waals surface area contributed by atoms with Gasteiger partial charge in [0, 0.05) is 6.54 Å². The SMILES string of the molecule is CNCC1COc2c(Cl)cccc2N1. The number of likely N-dealkylation sites (N-methyl/N-ethyl adjacent to an activating group) is 1. The summed E-state index contributed by atoms with van der Waals surface area (Å²) in [6.07, 6.45) is 0. The van der Waals surface area contributed by atoms with Crippen molar-refractivity contribution in [2.75, 3.05) is 25.5 Å². The highest BCUT2D eigenvalue weighted by atomic mass is 35.5. The van der Waals surface area contributed by atoms with E-state index in [1.807, 2.05) is 25.2 Å². The first-order valence-corrected chi connectivity index (χ1v) is 5.01. The monoisotopic (exact) mass is 212 g/mol. The Morgan fingerprint density at radius 1 is 1.64 bits per heavy atom. The second kappa shape index (κ2) is 4.07. The Bertz CT molecular complexity index is 330. The van der Waals surface area contributed by atoms with Crippen LogP contribution in [0.1, 0.15) is 0 Å². The Morgan fingerprint density at radius 3 is 3.29 bits per heavy atom. The van der Waals surface area contributed by atoms with Crippen LogP contribution in [-0.4, -0.2) is 26.2 Å². The molecule has 76 valence electrons. The molecule has 1 aromatic carbocycles. The quantitative estimate of drug-likeness (QED) is 0.784. The van der Waals surface area contributed by atoms with Crippen molar-refractivity contribution in [2.45, 2.75) is 6.04 Å². The molecule has 4 heteroatoms. The fourth-order valence-corrected chi connectivity index (χ4v) is 1.80. The summed E-state index contributed by atoms with van der Waals surface area (Å²) in [7, 11) is 1.93. The molecule has 2 N–H and O–H groups in total. The second-order valence-electron chi connectivity index (χ2n) is 3.33. The molecule has 1 aromatic rings. The van der Waals surface area contributed by atoms with Crippen LogP contribution in [0.5, 0.6) is 5.75 Å². The minimum absolute atomic E-state index is 0.311. The van der Waals surface area contributed by atoms with Crippen molar-refractivity contribution in [3.05, 3.63) is 23.2 Å². The van der Waals surface area contributed by atoms with Crippen LogP contribution in [0, 0.1) is 0 Å². The van der Waals surface area contributed by atoms with Crippen molar-refractivity contribution in [2.24, 2.45) is 0 Å². The smallest absolute Gasteiger partial charge is 0.161 e. The molecule has 0 saturated carbocycles. The lowest BCUT2D eigenvalue weighted by molar-refractivity contribution is 0.282. The molecule has 0 aliphatic carbocycles. The number of halogens is 1. The zero-order chi connectivity index (χ0) is 9.97. The molecule has 1 aliphatic heterocycles. The normalized spacial score (nSPS) is 19.4. The van der Waals surface area contributed by atoms with Crippen LogP contribution in [0.3, 0.4) is 0 Å². The van der Waals surface area contributed by atoms with E-state index < -0.39 is 0 Å². The van der Waals surface area contributed by atoms with Gasteiger partial charge in [0.05, 0.1) is 16.8 Å². The predicted octanol–water partition coefficient (Wildman–Crippen LogP) is 1.73. The van der Waals surface area contributed by atoms with Crippen LogP contribution in [0.25, 0.3) is 0 Å². The van der Waals surface area contributed by atoms with E-state index >= 15 is 0 Å². The summed E-state index contributed by atoms with van der Waals surface area (Å²) in [6, 6.07) is 6.04. The molecule has 1 atom stereocenters. The molecule has 0 bridgehead atoms. The Hall–Kier alpha value is -0.930. The van der Waals surface area contributed by atoms with Gasteiger partial charge in [0.1, 0.15) is 6.61 Å². The molecule has 3 nitrogen and oxygen atoms in total. The van der Waals surface area contributed by atoms with Crippen LogP contribution >= 0.6 is 11.6 Å². The van der Waals surface area contributed by atoms with E-state index in [4.69, 9.17) is 16.3 Å². The summed E-state index contributed by atoms with van der Waals surface area (Å²) < 4.78 is 5.58. The zero-order valence-corrected chi connectivity index (χ0v) is 8.77. The van der Waals surface area contributed by atoms with Crippen LogP contribution in [-0.2, 0) is 0 Å². The van der Waals surface area contributed by atoms with E-state index in [0.29, 0.717) is 17.7 Å². The average molecular weight is 213 g/mol. The molecule has 0 saturated heterocycles. The molecule has 1 unspecified atom stereocenters. The molecule has 1 heterocycles. The zero-order valence-electron chi connectivity index (χ0n) is 8.01. The maximum absolute atomic E-state index is 5.99. The van der Waals surface area contributed by atoms with Crippen molar-refractivity contribution in [3.8, 4) is 5.75 Å². The van der Waals surface area contributed by atoms with E-state index in [0.717, 1.165) is 18.0 Å².